The van der Waals surface area contributed by atoms with Crippen LogP contribution in [-0.2, 0) is 9.59 Å². The first-order valence-electron chi connectivity index (χ1n) is 14.3. The number of anilines is 2. The number of ether oxygens (including phenoxy) is 1. The van der Waals surface area contributed by atoms with E-state index in [9.17, 15) is 14.4 Å². The van der Waals surface area contributed by atoms with Gasteiger partial charge in [-0.3, -0.25) is 14.4 Å². The van der Waals surface area contributed by atoms with E-state index in [1.54, 1.807) is 61.7 Å². The molecule has 46 heavy (non-hydrogen) atoms. The van der Waals surface area contributed by atoms with Crippen molar-refractivity contribution in [1.82, 2.24) is 5.32 Å². The van der Waals surface area contributed by atoms with Gasteiger partial charge in [0.05, 0.1) is 7.11 Å². The first kappa shape index (κ1) is 32.3. The molecule has 5 rings (SSSR count). The van der Waals surface area contributed by atoms with Crippen LogP contribution < -0.4 is 20.7 Å². The third kappa shape index (κ3) is 8.74. The Bertz CT molecular complexity index is 1830. The highest BCUT2D eigenvalue weighted by atomic mass is 79.9. The summed E-state index contributed by atoms with van der Waals surface area (Å²) in [6, 6.07) is 40.1. The second-order valence-corrected chi connectivity index (χ2v) is 12.1. The molecule has 0 aliphatic heterocycles. The molecular weight excluding hydrogens is 662 g/mol. The molecule has 0 saturated carbocycles. The summed E-state index contributed by atoms with van der Waals surface area (Å²) < 4.78 is 6.37. The van der Waals surface area contributed by atoms with Crippen molar-refractivity contribution in [3.63, 3.8) is 0 Å². The third-order valence-electron chi connectivity index (χ3n) is 6.79. The van der Waals surface area contributed by atoms with Crippen molar-refractivity contribution in [3.8, 4) is 5.75 Å². The average molecular weight is 693 g/mol. The van der Waals surface area contributed by atoms with E-state index in [-0.39, 0.29) is 11.6 Å². The van der Waals surface area contributed by atoms with E-state index in [0.29, 0.717) is 28.3 Å². The van der Waals surface area contributed by atoms with E-state index in [4.69, 9.17) is 4.74 Å². The molecule has 0 radical (unpaired) electrons. The number of methoxy groups -OCH3 is 1. The molecule has 0 bridgehead atoms. The van der Waals surface area contributed by atoms with E-state index in [1.807, 2.05) is 84.9 Å². The summed E-state index contributed by atoms with van der Waals surface area (Å²) in [4.78, 5) is 40.8. The molecule has 3 amide bonds. The summed E-state index contributed by atoms with van der Waals surface area (Å²) in [6.45, 7) is 0. The number of thioether (sulfide) groups is 1. The highest BCUT2D eigenvalue weighted by Crippen LogP contribution is 2.37. The number of halogens is 1. The lowest BCUT2D eigenvalue weighted by atomic mass is 10.1. The topological polar surface area (TPSA) is 96.5 Å². The van der Waals surface area contributed by atoms with E-state index in [2.05, 4.69) is 31.9 Å². The molecule has 7 nitrogen and oxygen atoms in total. The van der Waals surface area contributed by atoms with Crippen LogP contribution in [0.1, 0.15) is 26.7 Å². The molecule has 230 valence electrons. The van der Waals surface area contributed by atoms with E-state index in [0.717, 1.165) is 14.9 Å². The summed E-state index contributed by atoms with van der Waals surface area (Å²) in [7, 11) is 1.54. The van der Waals surface area contributed by atoms with Gasteiger partial charge in [-0.05, 0) is 78.4 Å². The minimum absolute atomic E-state index is 0.0468. The lowest BCUT2D eigenvalue weighted by Crippen LogP contribution is -2.30. The summed E-state index contributed by atoms with van der Waals surface area (Å²) in [5.41, 5.74) is 3.17. The number of para-hydroxylation sites is 1. The van der Waals surface area contributed by atoms with Crippen molar-refractivity contribution in [1.29, 1.82) is 0 Å². The van der Waals surface area contributed by atoms with Crippen LogP contribution in [-0.4, -0.2) is 24.8 Å². The largest absolute Gasteiger partial charge is 0.496 e. The maximum absolute atomic E-state index is 13.5. The molecule has 3 N–H and O–H groups in total. The number of carbonyl (C=O) groups is 3. The predicted molar refractivity (Wildman–Crippen MR) is 188 cm³/mol. The van der Waals surface area contributed by atoms with Gasteiger partial charge < -0.3 is 20.7 Å². The molecule has 0 fully saturated rings. The van der Waals surface area contributed by atoms with Gasteiger partial charge in [-0.1, -0.05) is 82.7 Å². The number of carbonyl (C=O) groups excluding carboxylic acids is 3. The Morgan fingerprint density at radius 3 is 1.98 bits per heavy atom. The van der Waals surface area contributed by atoms with Gasteiger partial charge in [-0.25, -0.2) is 0 Å². The van der Waals surface area contributed by atoms with E-state index in [1.165, 1.54) is 11.8 Å². The second kappa shape index (κ2) is 15.7. The molecule has 5 aromatic rings. The monoisotopic (exact) mass is 691 g/mol. The van der Waals surface area contributed by atoms with Gasteiger partial charge in [-0.2, -0.15) is 0 Å². The highest BCUT2D eigenvalue weighted by Gasteiger charge is 2.23. The third-order valence-corrected chi connectivity index (χ3v) is 8.58. The van der Waals surface area contributed by atoms with Gasteiger partial charge in [-0.15, -0.1) is 11.8 Å². The van der Waals surface area contributed by atoms with E-state index >= 15 is 0 Å². The molecule has 0 aromatic heterocycles. The highest BCUT2D eigenvalue weighted by molar-refractivity contribution is 9.10. The Labute approximate surface area is 280 Å². The normalized spacial score (nSPS) is 11.7. The van der Waals surface area contributed by atoms with Crippen LogP contribution in [0.25, 0.3) is 6.08 Å². The molecule has 0 aliphatic rings. The molecule has 1 atom stereocenters. The minimum Gasteiger partial charge on any atom is -0.496 e. The van der Waals surface area contributed by atoms with Crippen LogP contribution in [0.5, 0.6) is 5.75 Å². The zero-order valence-corrected chi connectivity index (χ0v) is 27.2. The van der Waals surface area contributed by atoms with Gasteiger partial charge in [0.2, 0.25) is 5.91 Å². The van der Waals surface area contributed by atoms with Gasteiger partial charge >= 0.3 is 0 Å². The molecule has 9 heteroatoms. The van der Waals surface area contributed by atoms with Crippen LogP contribution in [0.15, 0.2) is 149 Å². The SMILES string of the molecule is COc1ccccc1/C=C(\NC(=O)c1ccccc1)C(=O)Nc1ccc(SC(C(=O)Nc2ccc(Br)cc2)c2ccccc2)cc1. The van der Waals surface area contributed by atoms with Crippen molar-refractivity contribution in [3.05, 3.63) is 160 Å². The molecule has 0 spiro atoms. The number of hydrogen-bond acceptors (Lipinski definition) is 5. The van der Waals surface area contributed by atoms with Crippen LogP contribution in [0.2, 0.25) is 0 Å². The van der Waals surface area contributed by atoms with Crippen molar-refractivity contribution in [2.75, 3.05) is 17.7 Å². The fraction of sp³-hybridized carbons (Fsp3) is 0.0541. The minimum atomic E-state index is -0.520. The summed E-state index contributed by atoms with van der Waals surface area (Å²) in [5, 5.41) is 8.11. The van der Waals surface area contributed by atoms with Crippen molar-refractivity contribution in [2.24, 2.45) is 0 Å². The van der Waals surface area contributed by atoms with Crippen molar-refractivity contribution >= 4 is 62.9 Å². The zero-order valence-electron chi connectivity index (χ0n) is 24.8. The molecule has 0 heterocycles. The van der Waals surface area contributed by atoms with Crippen molar-refractivity contribution in [2.45, 2.75) is 10.1 Å². The van der Waals surface area contributed by atoms with Crippen LogP contribution in [0, 0.1) is 0 Å². The Balaban J connectivity index is 1.34. The van der Waals surface area contributed by atoms with Crippen LogP contribution in [0.3, 0.4) is 0 Å². The van der Waals surface area contributed by atoms with Gasteiger partial charge in [0.25, 0.3) is 11.8 Å². The first-order valence-corrected chi connectivity index (χ1v) is 16.0. The summed E-state index contributed by atoms with van der Waals surface area (Å²) >= 11 is 4.82. The maximum Gasteiger partial charge on any atom is 0.272 e. The molecular formula is C37H30BrN3O4S. The zero-order chi connectivity index (χ0) is 32.3. The lowest BCUT2D eigenvalue weighted by molar-refractivity contribution is -0.116. The molecule has 1 unspecified atom stereocenters. The van der Waals surface area contributed by atoms with Crippen LogP contribution in [0.4, 0.5) is 11.4 Å². The predicted octanol–water partition coefficient (Wildman–Crippen LogP) is 8.34. The Hall–Kier alpha value is -5.12. The van der Waals surface area contributed by atoms with Gasteiger partial charge in [0.1, 0.15) is 16.7 Å². The van der Waals surface area contributed by atoms with Crippen LogP contribution >= 0.6 is 27.7 Å². The fourth-order valence-corrected chi connectivity index (χ4v) is 5.77. The maximum atomic E-state index is 13.5. The van der Waals surface area contributed by atoms with Gasteiger partial charge in [0.15, 0.2) is 0 Å². The average Bonchev–Trinajstić information content (AvgIpc) is 3.09. The smallest absolute Gasteiger partial charge is 0.272 e. The molecule has 0 aliphatic carbocycles. The Kier molecular flexibility index (Phi) is 11.0. The quantitative estimate of drug-likeness (QED) is 0.0956. The van der Waals surface area contributed by atoms with E-state index < -0.39 is 17.1 Å². The number of rotatable bonds is 11. The lowest BCUT2D eigenvalue weighted by Gasteiger charge is -2.17. The summed E-state index contributed by atoms with van der Waals surface area (Å²) in [6.07, 6.45) is 1.58. The number of amides is 3. The second-order valence-electron chi connectivity index (χ2n) is 10.0. The Morgan fingerprint density at radius 2 is 1.30 bits per heavy atom. The molecule has 5 aromatic carbocycles. The van der Waals surface area contributed by atoms with Gasteiger partial charge in [0, 0.05) is 31.9 Å². The number of hydrogen-bond donors (Lipinski definition) is 3. The number of nitrogens with one attached hydrogen (secondary N) is 3. The summed E-state index contributed by atoms with van der Waals surface area (Å²) in [5.74, 6) is -0.528. The Morgan fingerprint density at radius 1 is 0.717 bits per heavy atom. The first-order chi connectivity index (χ1) is 22.4. The van der Waals surface area contributed by atoms with Crippen molar-refractivity contribution < 1.29 is 19.1 Å². The molecule has 0 saturated heterocycles. The standard InChI is InChI=1S/C37H30BrN3O4S/c1-45-33-15-9-8-14-27(33)24-32(41-35(42)26-12-6-3-7-13-26)36(43)39-30-20-22-31(23-21-30)46-34(25-10-4-2-5-11-25)37(44)40-29-18-16-28(38)17-19-29/h2-24,34H,1H3,(H,39,43)(H,40,44)(H,41,42)/b32-24-. The fourth-order valence-electron chi connectivity index (χ4n) is 4.48. The number of benzene rings is 5.